The Bertz CT molecular complexity index is 561. The van der Waals surface area contributed by atoms with Crippen LogP contribution in [0.4, 0.5) is 10.5 Å². The number of hydrogen-bond donors (Lipinski definition) is 3. The largest absolute Gasteiger partial charge is 0.323 e. The van der Waals surface area contributed by atoms with Crippen LogP contribution in [-0.2, 0) is 10.0 Å². The maximum atomic E-state index is 12.2. The zero-order valence-electron chi connectivity index (χ0n) is 11.2. The van der Waals surface area contributed by atoms with Crippen molar-refractivity contribution in [2.24, 2.45) is 0 Å². The van der Waals surface area contributed by atoms with Crippen LogP contribution >= 0.6 is 0 Å². The second kappa shape index (κ2) is 6.21. The average Bonchev–Trinajstić information content (AvgIpc) is 2.38. The minimum atomic E-state index is -3.37. The van der Waals surface area contributed by atoms with Crippen LogP contribution in [-0.4, -0.2) is 51.4 Å². The van der Waals surface area contributed by atoms with E-state index < -0.39 is 16.2 Å². The summed E-state index contributed by atoms with van der Waals surface area (Å²) in [6, 6.07) is 8.73. The molecular formula is C12H18N4O3S. The van der Waals surface area contributed by atoms with Crippen molar-refractivity contribution in [3.63, 3.8) is 0 Å². The molecular weight excluding hydrogens is 280 g/mol. The normalized spacial score (nSPS) is 19.6. The van der Waals surface area contributed by atoms with E-state index in [1.54, 1.807) is 12.1 Å². The first kappa shape index (κ1) is 14.8. The Morgan fingerprint density at radius 2 is 2.05 bits per heavy atom. The molecule has 0 saturated carbocycles. The van der Waals surface area contributed by atoms with Gasteiger partial charge in [0.05, 0.1) is 6.26 Å². The first-order valence-corrected chi connectivity index (χ1v) is 8.15. The molecule has 0 aromatic heterocycles. The first-order chi connectivity index (χ1) is 9.46. The van der Waals surface area contributed by atoms with E-state index in [9.17, 15) is 13.2 Å². The number of sulfonamides is 1. The van der Waals surface area contributed by atoms with E-state index in [1.807, 2.05) is 18.2 Å². The van der Waals surface area contributed by atoms with Crippen LogP contribution in [0.15, 0.2) is 30.3 Å². The minimum Gasteiger partial charge on any atom is -0.312 e. The fourth-order valence-corrected chi connectivity index (χ4v) is 2.72. The minimum absolute atomic E-state index is 0.321. The van der Waals surface area contributed by atoms with Gasteiger partial charge in [-0.15, -0.1) is 0 Å². The summed E-state index contributed by atoms with van der Waals surface area (Å²) in [5.41, 5.74) is 0.675. The Balaban J connectivity index is 2.05. The number of rotatable bonds is 3. The predicted molar refractivity (Wildman–Crippen MR) is 76.8 cm³/mol. The Morgan fingerprint density at radius 3 is 2.70 bits per heavy atom. The van der Waals surface area contributed by atoms with E-state index in [2.05, 4.69) is 15.4 Å². The van der Waals surface area contributed by atoms with Gasteiger partial charge in [0, 0.05) is 25.3 Å². The number of urea groups is 1. The molecule has 0 bridgehead atoms. The van der Waals surface area contributed by atoms with Crippen LogP contribution < -0.4 is 15.4 Å². The molecule has 1 unspecified atom stereocenters. The topological polar surface area (TPSA) is 90.5 Å². The number of carbonyl (C=O) groups excluding carboxylic acids is 1. The van der Waals surface area contributed by atoms with Crippen LogP contribution in [0.2, 0.25) is 0 Å². The second-order valence-corrected chi connectivity index (χ2v) is 6.38. The zero-order chi connectivity index (χ0) is 14.6. The van der Waals surface area contributed by atoms with Crippen molar-refractivity contribution in [1.82, 2.24) is 14.9 Å². The van der Waals surface area contributed by atoms with Gasteiger partial charge in [0.1, 0.15) is 6.17 Å². The summed E-state index contributed by atoms with van der Waals surface area (Å²) in [6.45, 7) is 1.45. The maximum absolute atomic E-state index is 12.2. The molecule has 1 aliphatic heterocycles. The first-order valence-electron chi connectivity index (χ1n) is 6.26. The molecule has 0 aliphatic carbocycles. The van der Waals surface area contributed by atoms with Gasteiger partial charge in [-0.2, -0.15) is 4.72 Å². The van der Waals surface area contributed by atoms with Crippen molar-refractivity contribution in [2.45, 2.75) is 6.17 Å². The highest BCUT2D eigenvalue weighted by Crippen LogP contribution is 2.09. The summed E-state index contributed by atoms with van der Waals surface area (Å²) in [4.78, 5) is 13.7. The van der Waals surface area contributed by atoms with Gasteiger partial charge >= 0.3 is 6.03 Å². The summed E-state index contributed by atoms with van der Waals surface area (Å²) < 4.78 is 25.1. The lowest BCUT2D eigenvalue weighted by Gasteiger charge is -2.35. The number of hydrogen-bond acceptors (Lipinski definition) is 4. The maximum Gasteiger partial charge on any atom is 0.323 e. The number of amides is 2. The molecule has 2 rings (SSSR count). The summed E-state index contributed by atoms with van der Waals surface area (Å²) in [5, 5.41) is 5.81. The monoisotopic (exact) mass is 298 g/mol. The van der Waals surface area contributed by atoms with Crippen molar-refractivity contribution < 1.29 is 13.2 Å². The average molecular weight is 298 g/mol. The SMILES string of the molecule is CS(=O)(=O)NC1CNCCN1C(=O)Nc1ccccc1. The Morgan fingerprint density at radius 1 is 1.35 bits per heavy atom. The van der Waals surface area contributed by atoms with Crippen molar-refractivity contribution >= 4 is 21.7 Å². The second-order valence-electron chi connectivity index (χ2n) is 4.60. The van der Waals surface area contributed by atoms with Gasteiger partial charge in [-0.1, -0.05) is 18.2 Å². The fraction of sp³-hybridized carbons (Fsp3) is 0.417. The molecule has 20 heavy (non-hydrogen) atoms. The highest BCUT2D eigenvalue weighted by atomic mass is 32.2. The van der Waals surface area contributed by atoms with Crippen molar-refractivity contribution in [3.8, 4) is 0 Å². The van der Waals surface area contributed by atoms with Crippen molar-refractivity contribution in [1.29, 1.82) is 0 Å². The molecule has 1 aromatic carbocycles. The number of para-hydroxylation sites is 1. The zero-order valence-corrected chi connectivity index (χ0v) is 12.0. The smallest absolute Gasteiger partial charge is 0.312 e. The van der Waals surface area contributed by atoms with Gasteiger partial charge in [0.2, 0.25) is 10.0 Å². The lowest BCUT2D eigenvalue weighted by Crippen LogP contribution is -2.61. The van der Waals surface area contributed by atoms with Crippen LogP contribution in [0, 0.1) is 0 Å². The predicted octanol–water partition coefficient (Wildman–Crippen LogP) is -0.001000. The fourth-order valence-electron chi connectivity index (χ4n) is 2.02. The summed E-state index contributed by atoms with van der Waals surface area (Å²) in [6.07, 6.45) is 0.497. The van der Waals surface area contributed by atoms with Gasteiger partial charge < -0.3 is 15.5 Å². The molecule has 1 fully saturated rings. The van der Waals surface area contributed by atoms with Crippen LogP contribution in [0.1, 0.15) is 0 Å². The number of nitrogens with zero attached hydrogens (tertiary/aromatic N) is 1. The third kappa shape index (κ3) is 4.19. The Hall–Kier alpha value is -1.64. The third-order valence-electron chi connectivity index (χ3n) is 2.88. The molecule has 8 heteroatoms. The summed E-state index contributed by atoms with van der Waals surface area (Å²) >= 11 is 0. The molecule has 2 amide bonds. The van der Waals surface area contributed by atoms with E-state index in [0.717, 1.165) is 6.26 Å². The number of piperazine rings is 1. The van der Waals surface area contributed by atoms with Gasteiger partial charge in [0.15, 0.2) is 0 Å². The van der Waals surface area contributed by atoms with E-state index in [0.29, 0.717) is 25.3 Å². The molecule has 1 aliphatic rings. The lowest BCUT2D eigenvalue weighted by molar-refractivity contribution is 0.165. The molecule has 1 atom stereocenters. The highest BCUT2D eigenvalue weighted by molar-refractivity contribution is 7.88. The van der Waals surface area contributed by atoms with Gasteiger partial charge in [-0.05, 0) is 12.1 Å². The van der Waals surface area contributed by atoms with E-state index in [1.165, 1.54) is 4.90 Å². The number of nitrogens with one attached hydrogen (secondary N) is 3. The van der Waals surface area contributed by atoms with Gasteiger partial charge in [0.25, 0.3) is 0 Å². The standard InChI is InChI=1S/C12H18N4O3S/c1-20(18,19)15-11-9-13-7-8-16(11)12(17)14-10-5-3-2-4-6-10/h2-6,11,13,15H,7-9H2,1H3,(H,14,17). The molecule has 1 aromatic rings. The molecule has 1 saturated heterocycles. The van der Waals surface area contributed by atoms with E-state index in [4.69, 9.17) is 0 Å². The van der Waals surface area contributed by atoms with Crippen molar-refractivity contribution in [3.05, 3.63) is 30.3 Å². The van der Waals surface area contributed by atoms with Crippen LogP contribution in [0.25, 0.3) is 0 Å². The third-order valence-corrected chi connectivity index (χ3v) is 3.58. The highest BCUT2D eigenvalue weighted by Gasteiger charge is 2.28. The summed E-state index contributed by atoms with van der Waals surface area (Å²) in [7, 11) is -3.37. The van der Waals surface area contributed by atoms with Crippen LogP contribution in [0.3, 0.4) is 0 Å². The lowest BCUT2D eigenvalue weighted by atomic mass is 10.3. The number of carbonyl (C=O) groups is 1. The van der Waals surface area contributed by atoms with Gasteiger partial charge in [-0.25, -0.2) is 13.2 Å². The Kier molecular flexibility index (Phi) is 4.58. The van der Waals surface area contributed by atoms with Gasteiger partial charge in [-0.3, -0.25) is 0 Å². The van der Waals surface area contributed by atoms with E-state index >= 15 is 0 Å². The molecule has 0 radical (unpaired) electrons. The Labute approximate surface area is 118 Å². The van der Waals surface area contributed by atoms with Crippen LogP contribution in [0.5, 0.6) is 0 Å². The number of anilines is 1. The molecule has 1 heterocycles. The molecule has 7 nitrogen and oxygen atoms in total. The summed E-state index contributed by atoms with van der Waals surface area (Å²) in [5.74, 6) is 0. The molecule has 3 N–H and O–H groups in total. The van der Waals surface area contributed by atoms with E-state index in [-0.39, 0.29) is 6.03 Å². The molecule has 0 spiro atoms. The quantitative estimate of drug-likeness (QED) is 0.732. The molecule has 110 valence electrons. The number of benzene rings is 1. The van der Waals surface area contributed by atoms with Crippen molar-refractivity contribution in [2.75, 3.05) is 31.2 Å².